The second kappa shape index (κ2) is 4.94. The topological polar surface area (TPSA) is 68.3 Å². The molecule has 1 aliphatic heterocycles. The molecule has 1 fully saturated rings. The molecule has 4 heterocycles. The molecule has 1 saturated heterocycles. The molecular formula is C15H16N6O. The summed E-state index contributed by atoms with van der Waals surface area (Å²) in [5, 5.41) is 4.19. The summed E-state index contributed by atoms with van der Waals surface area (Å²) in [6.07, 6.45) is 8.17. The molecule has 3 aromatic rings. The Morgan fingerprint density at radius 2 is 2.09 bits per heavy atom. The van der Waals surface area contributed by atoms with Gasteiger partial charge in [-0.25, -0.2) is 9.97 Å². The fraction of sp³-hybridized carbons (Fsp3) is 0.333. The Morgan fingerprint density at radius 3 is 2.91 bits per heavy atom. The van der Waals surface area contributed by atoms with Gasteiger partial charge in [0.25, 0.3) is 5.91 Å². The van der Waals surface area contributed by atoms with Gasteiger partial charge < -0.3 is 4.90 Å². The van der Waals surface area contributed by atoms with Crippen LogP contribution in [0.5, 0.6) is 0 Å². The van der Waals surface area contributed by atoms with Gasteiger partial charge in [-0.1, -0.05) is 0 Å². The number of aryl methyl sites for hydroxylation is 1. The number of hydrogen-bond acceptors (Lipinski definition) is 4. The highest BCUT2D eigenvalue weighted by Gasteiger charge is 2.30. The zero-order valence-corrected chi connectivity index (χ0v) is 12.3. The Labute approximate surface area is 127 Å². The highest BCUT2D eigenvalue weighted by atomic mass is 16.2. The van der Waals surface area contributed by atoms with Gasteiger partial charge in [-0.2, -0.15) is 5.10 Å². The van der Waals surface area contributed by atoms with Gasteiger partial charge in [0, 0.05) is 56.5 Å². The molecular weight excluding hydrogens is 280 g/mol. The summed E-state index contributed by atoms with van der Waals surface area (Å²) in [5.74, 6) is 0.999. The van der Waals surface area contributed by atoms with Gasteiger partial charge >= 0.3 is 0 Å². The number of imidazole rings is 1. The number of carbonyl (C=O) groups excluding carboxylic acids is 1. The van der Waals surface area contributed by atoms with Crippen molar-refractivity contribution in [3.05, 3.63) is 48.3 Å². The summed E-state index contributed by atoms with van der Waals surface area (Å²) >= 11 is 0. The summed E-state index contributed by atoms with van der Waals surface area (Å²) in [5.41, 5.74) is 1.66. The minimum Gasteiger partial charge on any atom is -0.337 e. The van der Waals surface area contributed by atoms with E-state index in [0.29, 0.717) is 23.9 Å². The molecule has 1 atom stereocenters. The van der Waals surface area contributed by atoms with Crippen molar-refractivity contribution in [1.82, 2.24) is 29.0 Å². The number of fused-ring (bicyclic) bond motifs is 1. The molecule has 22 heavy (non-hydrogen) atoms. The second-order valence-corrected chi connectivity index (χ2v) is 5.58. The molecule has 3 aromatic heterocycles. The fourth-order valence-corrected chi connectivity index (χ4v) is 3.06. The van der Waals surface area contributed by atoms with Crippen LogP contribution in [0.1, 0.15) is 28.5 Å². The van der Waals surface area contributed by atoms with Crippen molar-refractivity contribution in [3.8, 4) is 0 Å². The maximum atomic E-state index is 12.5. The Balaban J connectivity index is 1.57. The van der Waals surface area contributed by atoms with E-state index < -0.39 is 0 Å². The van der Waals surface area contributed by atoms with Crippen molar-refractivity contribution in [2.24, 2.45) is 7.05 Å². The molecule has 112 valence electrons. The average molecular weight is 296 g/mol. The highest BCUT2D eigenvalue weighted by molar-refractivity contribution is 5.92. The second-order valence-electron chi connectivity index (χ2n) is 5.58. The number of aromatic nitrogens is 5. The van der Waals surface area contributed by atoms with Crippen LogP contribution in [0.25, 0.3) is 5.78 Å². The van der Waals surface area contributed by atoms with E-state index in [4.69, 9.17) is 0 Å². The largest absolute Gasteiger partial charge is 0.337 e. The monoisotopic (exact) mass is 296 g/mol. The van der Waals surface area contributed by atoms with Crippen LogP contribution in [0.15, 0.2) is 36.9 Å². The maximum absolute atomic E-state index is 12.5. The summed E-state index contributed by atoms with van der Waals surface area (Å²) in [4.78, 5) is 22.8. The lowest BCUT2D eigenvalue weighted by Crippen LogP contribution is -2.29. The minimum atomic E-state index is -0.000897. The smallest absolute Gasteiger partial charge is 0.274 e. The van der Waals surface area contributed by atoms with Crippen LogP contribution in [-0.2, 0) is 7.05 Å². The van der Waals surface area contributed by atoms with Crippen molar-refractivity contribution >= 4 is 11.7 Å². The van der Waals surface area contributed by atoms with Gasteiger partial charge in [-0.15, -0.1) is 0 Å². The Hall–Kier alpha value is -2.70. The lowest BCUT2D eigenvalue weighted by atomic mass is 10.0. The predicted molar refractivity (Wildman–Crippen MR) is 79.5 cm³/mol. The van der Waals surface area contributed by atoms with E-state index in [2.05, 4.69) is 15.1 Å². The lowest BCUT2D eigenvalue weighted by Gasteiger charge is -2.16. The van der Waals surface area contributed by atoms with Crippen LogP contribution in [0.3, 0.4) is 0 Å². The van der Waals surface area contributed by atoms with Crippen molar-refractivity contribution in [2.45, 2.75) is 12.3 Å². The van der Waals surface area contributed by atoms with Gasteiger partial charge in [0.05, 0.1) is 0 Å². The highest BCUT2D eigenvalue weighted by Crippen LogP contribution is 2.27. The predicted octanol–water partition coefficient (Wildman–Crippen LogP) is 1.09. The number of carbonyl (C=O) groups is 1. The van der Waals surface area contributed by atoms with Crippen LogP contribution in [-0.4, -0.2) is 48.0 Å². The first-order valence-electron chi connectivity index (χ1n) is 7.29. The zero-order valence-electron chi connectivity index (χ0n) is 12.3. The van der Waals surface area contributed by atoms with Gasteiger partial charge in [-0.3, -0.25) is 13.9 Å². The lowest BCUT2D eigenvalue weighted by molar-refractivity contribution is 0.0784. The normalized spacial score (nSPS) is 18.2. The quantitative estimate of drug-likeness (QED) is 0.710. The van der Waals surface area contributed by atoms with Crippen molar-refractivity contribution in [1.29, 1.82) is 0 Å². The molecule has 0 radical (unpaired) electrons. The van der Waals surface area contributed by atoms with Crippen LogP contribution >= 0.6 is 0 Å². The van der Waals surface area contributed by atoms with Crippen LogP contribution in [0.2, 0.25) is 0 Å². The molecule has 0 N–H and O–H groups in total. The molecule has 7 nitrogen and oxygen atoms in total. The number of likely N-dealkylation sites (tertiary alicyclic amines) is 1. The van der Waals surface area contributed by atoms with Gasteiger partial charge in [0.1, 0.15) is 5.69 Å². The molecule has 0 saturated carbocycles. The molecule has 0 aromatic carbocycles. The van der Waals surface area contributed by atoms with Crippen molar-refractivity contribution in [2.75, 3.05) is 13.1 Å². The van der Waals surface area contributed by atoms with Gasteiger partial charge in [0.2, 0.25) is 5.78 Å². The van der Waals surface area contributed by atoms with E-state index in [1.807, 2.05) is 28.6 Å². The van der Waals surface area contributed by atoms with E-state index in [9.17, 15) is 4.79 Å². The molecule has 7 heteroatoms. The molecule has 1 aliphatic rings. The third kappa shape index (κ3) is 2.05. The number of rotatable bonds is 2. The molecule has 0 spiro atoms. The van der Waals surface area contributed by atoms with Crippen LogP contribution in [0.4, 0.5) is 0 Å². The maximum Gasteiger partial charge on any atom is 0.274 e. The van der Waals surface area contributed by atoms with Gasteiger partial charge in [-0.05, 0) is 18.6 Å². The van der Waals surface area contributed by atoms with Crippen LogP contribution < -0.4 is 0 Å². The third-order valence-corrected chi connectivity index (χ3v) is 4.16. The Kier molecular flexibility index (Phi) is 2.92. The van der Waals surface area contributed by atoms with E-state index in [0.717, 1.165) is 18.7 Å². The molecule has 1 unspecified atom stereocenters. The first kappa shape index (κ1) is 13.0. The minimum absolute atomic E-state index is 0.000897. The van der Waals surface area contributed by atoms with Crippen LogP contribution in [0, 0.1) is 0 Å². The zero-order chi connectivity index (χ0) is 15.1. The number of amides is 1. The van der Waals surface area contributed by atoms with Crippen molar-refractivity contribution in [3.63, 3.8) is 0 Å². The summed E-state index contributed by atoms with van der Waals surface area (Å²) in [6, 6.07) is 3.77. The van der Waals surface area contributed by atoms with E-state index in [-0.39, 0.29) is 5.91 Å². The SMILES string of the molecule is Cn1ccc(C(=O)N2CCC(c3ccnc4nccn34)C2)n1. The summed E-state index contributed by atoms with van der Waals surface area (Å²) in [6.45, 7) is 1.45. The summed E-state index contributed by atoms with van der Waals surface area (Å²) in [7, 11) is 1.82. The molecule has 1 amide bonds. The Bertz CT molecular complexity index is 835. The Morgan fingerprint density at radius 1 is 1.23 bits per heavy atom. The number of nitrogens with zero attached hydrogens (tertiary/aromatic N) is 6. The number of hydrogen-bond donors (Lipinski definition) is 0. The third-order valence-electron chi connectivity index (χ3n) is 4.16. The summed E-state index contributed by atoms with van der Waals surface area (Å²) < 4.78 is 3.65. The standard InChI is InChI=1S/C15H16N6O/c1-19-7-4-12(18-19)14(22)20-8-3-11(10-20)13-2-5-16-15-17-6-9-21(13)15/h2,4-7,9,11H,3,8,10H2,1H3. The van der Waals surface area contributed by atoms with E-state index in [1.54, 1.807) is 29.3 Å². The van der Waals surface area contributed by atoms with Crippen molar-refractivity contribution < 1.29 is 4.79 Å². The molecule has 0 aliphatic carbocycles. The molecule has 0 bridgehead atoms. The van der Waals surface area contributed by atoms with E-state index in [1.165, 1.54) is 0 Å². The fourth-order valence-electron chi connectivity index (χ4n) is 3.06. The first-order chi connectivity index (χ1) is 10.7. The average Bonchev–Trinajstić information content (AvgIpc) is 3.26. The van der Waals surface area contributed by atoms with Gasteiger partial charge in [0.15, 0.2) is 0 Å². The van der Waals surface area contributed by atoms with E-state index >= 15 is 0 Å². The molecule has 4 rings (SSSR count). The first-order valence-corrected chi connectivity index (χ1v) is 7.29.